The Bertz CT molecular complexity index is 1530. The molecule has 2 atom stereocenters. The van der Waals surface area contributed by atoms with Crippen LogP contribution in [-0.4, -0.2) is 41.4 Å². The van der Waals surface area contributed by atoms with Crippen LogP contribution in [0.15, 0.2) is 78.1 Å². The van der Waals surface area contributed by atoms with Gasteiger partial charge in [-0.15, -0.1) is 10.2 Å². The number of nitrogens with one attached hydrogen (secondary N) is 1. The van der Waals surface area contributed by atoms with Crippen LogP contribution in [0.2, 0.25) is 0 Å². The lowest BCUT2D eigenvalue weighted by molar-refractivity contribution is 0.260. The van der Waals surface area contributed by atoms with E-state index in [1.807, 2.05) is 65.2 Å². The Morgan fingerprint density at radius 3 is 2.12 bits per heavy atom. The molecule has 0 amide bonds. The molecule has 0 fully saturated rings. The van der Waals surface area contributed by atoms with Crippen LogP contribution < -0.4 is 5.56 Å². The number of hydrogen-bond acceptors (Lipinski definition) is 6. The SMILES string of the molecule is O=c1[nH]cnc2c1ncn2C[C@@H]1C[C@H](CO)c2c(-c3ccccc3)nnc(-c3ccccc3)c21. The Kier molecular flexibility index (Phi) is 5.00. The number of rotatable bonds is 5. The maximum Gasteiger partial charge on any atom is 0.278 e. The first-order valence-electron chi connectivity index (χ1n) is 11.2. The van der Waals surface area contributed by atoms with E-state index in [1.165, 1.54) is 6.33 Å². The highest BCUT2D eigenvalue weighted by atomic mass is 16.3. The van der Waals surface area contributed by atoms with Crippen LogP contribution >= 0.6 is 0 Å². The third kappa shape index (κ3) is 3.31. The molecule has 0 bridgehead atoms. The molecule has 2 N–H and O–H groups in total. The molecule has 5 aromatic rings. The van der Waals surface area contributed by atoms with Crippen LogP contribution in [-0.2, 0) is 6.54 Å². The molecule has 0 radical (unpaired) electrons. The fourth-order valence-electron chi connectivity index (χ4n) is 5.08. The predicted molar refractivity (Wildman–Crippen MR) is 128 cm³/mol. The van der Waals surface area contributed by atoms with Crippen molar-refractivity contribution >= 4 is 11.2 Å². The van der Waals surface area contributed by atoms with Crippen molar-refractivity contribution in [3.63, 3.8) is 0 Å². The lowest BCUT2D eigenvalue weighted by Gasteiger charge is -2.17. The Morgan fingerprint density at radius 1 is 0.882 bits per heavy atom. The monoisotopic (exact) mass is 450 g/mol. The van der Waals surface area contributed by atoms with Crippen molar-refractivity contribution in [2.24, 2.45) is 0 Å². The maximum absolute atomic E-state index is 12.1. The highest BCUT2D eigenvalue weighted by molar-refractivity contribution is 5.74. The maximum atomic E-state index is 12.1. The van der Waals surface area contributed by atoms with E-state index in [0.717, 1.165) is 40.1 Å². The molecule has 8 nitrogen and oxygen atoms in total. The summed E-state index contributed by atoms with van der Waals surface area (Å²) in [5, 5.41) is 19.7. The second kappa shape index (κ2) is 8.31. The van der Waals surface area contributed by atoms with Crippen molar-refractivity contribution in [3.8, 4) is 22.5 Å². The number of aliphatic hydroxyl groups excluding tert-OH is 1. The molecule has 1 aliphatic rings. The van der Waals surface area contributed by atoms with Crippen molar-refractivity contribution in [1.82, 2.24) is 29.7 Å². The molecule has 3 heterocycles. The summed E-state index contributed by atoms with van der Waals surface area (Å²) >= 11 is 0. The van der Waals surface area contributed by atoms with Crippen LogP contribution in [0.25, 0.3) is 33.7 Å². The van der Waals surface area contributed by atoms with E-state index in [2.05, 4.69) is 20.1 Å². The number of hydrogen-bond donors (Lipinski definition) is 2. The third-order valence-electron chi connectivity index (χ3n) is 6.58. The van der Waals surface area contributed by atoms with E-state index in [1.54, 1.807) is 6.33 Å². The first kappa shape index (κ1) is 20.4. The molecular formula is C26H22N6O2. The number of H-pyrrole nitrogens is 1. The number of benzene rings is 2. The summed E-state index contributed by atoms with van der Waals surface area (Å²) < 4.78 is 1.91. The van der Waals surface area contributed by atoms with E-state index >= 15 is 0 Å². The Labute approximate surface area is 195 Å². The molecule has 6 rings (SSSR count). The molecule has 0 saturated heterocycles. The number of aliphatic hydroxyl groups is 1. The van der Waals surface area contributed by atoms with E-state index in [9.17, 15) is 9.90 Å². The number of imidazole rings is 1. The highest BCUT2D eigenvalue weighted by Crippen LogP contribution is 2.49. The van der Waals surface area contributed by atoms with Crippen LogP contribution in [0.4, 0.5) is 0 Å². The topological polar surface area (TPSA) is 110 Å². The van der Waals surface area contributed by atoms with Gasteiger partial charge in [0.25, 0.3) is 5.56 Å². The fourth-order valence-corrected chi connectivity index (χ4v) is 5.08. The van der Waals surface area contributed by atoms with Gasteiger partial charge < -0.3 is 14.7 Å². The zero-order valence-corrected chi connectivity index (χ0v) is 18.3. The first-order chi connectivity index (χ1) is 16.7. The van der Waals surface area contributed by atoms with Gasteiger partial charge in [-0.1, -0.05) is 60.7 Å². The quantitative estimate of drug-likeness (QED) is 0.424. The molecule has 2 aromatic carbocycles. The largest absolute Gasteiger partial charge is 0.396 e. The summed E-state index contributed by atoms with van der Waals surface area (Å²) in [4.78, 5) is 23.4. The molecule has 0 spiro atoms. The molecular weight excluding hydrogens is 428 g/mol. The molecule has 0 unspecified atom stereocenters. The summed E-state index contributed by atoms with van der Waals surface area (Å²) in [5.41, 5.74) is 6.34. The Balaban J connectivity index is 1.55. The Morgan fingerprint density at radius 2 is 1.50 bits per heavy atom. The zero-order valence-electron chi connectivity index (χ0n) is 18.3. The standard InChI is InChI=1S/C26H22N6O2/c33-13-19-11-18(12-32-15-29-24-25(32)27-14-28-26(24)34)20-21(19)23(17-9-5-2-6-10-17)31-30-22(20)16-7-3-1-4-8-16/h1-10,14-15,18-19,33H,11-13H2,(H,27,28,34)/t18-,19+/m0/s1. The van der Waals surface area contributed by atoms with Gasteiger partial charge in [0.15, 0.2) is 11.2 Å². The van der Waals surface area contributed by atoms with Gasteiger partial charge in [-0.2, -0.15) is 0 Å². The van der Waals surface area contributed by atoms with Crippen molar-refractivity contribution in [2.45, 2.75) is 24.8 Å². The Hall–Kier alpha value is -4.17. The average Bonchev–Trinajstić information content (AvgIpc) is 3.47. The second-order valence-electron chi connectivity index (χ2n) is 8.57. The van der Waals surface area contributed by atoms with Gasteiger partial charge in [0.05, 0.1) is 30.6 Å². The molecule has 3 aromatic heterocycles. The molecule has 0 aliphatic heterocycles. The van der Waals surface area contributed by atoms with Crippen LogP contribution in [0, 0.1) is 0 Å². The molecule has 34 heavy (non-hydrogen) atoms. The van der Waals surface area contributed by atoms with E-state index in [0.29, 0.717) is 17.7 Å². The minimum absolute atomic E-state index is 0.0197. The predicted octanol–water partition coefficient (Wildman–Crippen LogP) is 3.51. The van der Waals surface area contributed by atoms with Crippen molar-refractivity contribution in [1.29, 1.82) is 0 Å². The van der Waals surface area contributed by atoms with Gasteiger partial charge in [-0.25, -0.2) is 9.97 Å². The summed E-state index contributed by atoms with van der Waals surface area (Å²) in [6.07, 6.45) is 3.80. The third-order valence-corrected chi connectivity index (χ3v) is 6.58. The van der Waals surface area contributed by atoms with Gasteiger partial charge in [0.2, 0.25) is 0 Å². The van der Waals surface area contributed by atoms with Gasteiger partial charge in [-0.3, -0.25) is 4.79 Å². The summed E-state index contributed by atoms with van der Waals surface area (Å²) in [5.74, 6) is -0.0295. The van der Waals surface area contributed by atoms with E-state index in [4.69, 9.17) is 5.10 Å². The average molecular weight is 451 g/mol. The highest BCUT2D eigenvalue weighted by Gasteiger charge is 2.37. The lowest BCUT2D eigenvalue weighted by atomic mass is 9.93. The van der Waals surface area contributed by atoms with Crippen molar-refractivity contribution < 1.29 is 5.11 Å². The normalized spacial score (nSPS) is 17.2. The molecule has 1 aliphatic carbocycles. The van der Waals surface area contributed by atoms with Crippen LogP contribution in [0.5, 0.6) is 0 Å². The van der Waals surface area contributed by atoms with Crippen molar-refractivity contribution in [2.75, 3.05) is 6.61 Å². The minimum Gasteiger partial charge on any atom is -0.396 e. The fraction of sp³-hybridized carbons (Fsp3) is 0.192. The summed E-state index contributed by atoms with van der Waals surface area (Å²) in [7, 11) is 0. The number of nitrogens with zero attached hydrogens (tertiary/aromatic N) is 5. The number of fused-ring (bicyclic) bond motifs is 2. The second-order valence-corrected chi connectivity index (χ2v) is 8.57. The van der Waals surface area contributed by atoms with Gasteiger partial charge in [0.1, 0.15) is 0 Å². The minimum atomic E-state index is -0.258. The molecule has 0 saturated carbocycles. The summed E-state index contributed by atoms with van der Waals surface area (Å²) in [6, 6.07) is 20.0. The van der Waals surface area contributed by atoms with Crippen molar-refractivity contribution in [3.05, 3.63) is 94.8 Å². The molecule has 8 heteroatoms. The number of aromatic nitrogens is 6. The first-order valence-corrected chi connectivity index (χ1v) is 11.2. The molecule has 168 valence electrons. The number of aromatic amines is 1. The smallest absolute Gasteiger partial charge is 0.278 e. The van der Waals surface area contributed by atoms with Gasteiger partial charge in [0, 0.05) is 29.5 Å². The summed E-state index contributed by atoms with van der Waals surface area (Å²) in [6.45, 7) is 0.585. The van der Waals surface area contributed by atoms with Gasteiger partial charge >= 0.3 is 0 Å². The zero-order chi connectivity index (χ0) is 23.1. The van der Waals surface area contributed by atoms with E-state index in [-0.39, 0.29) is 24.0 Å². The van der Waals surface area contributed by atoms with Crippen LogP contribution in [0.3, 0.4) is 0 Å². The van der Waals surface area contributed by atoms with Gasteiger partial charge in [-0.05, 0) is 17.5 Å². The lowest BCUT2D eigenvalue weighted by Crippen LogP contribution is -2.11. The van der Waals surface area contributed by atoms with E-state index < -0.39 is 0 Å². The van der Waals surface area contributed by atoms with Crippen LogP contribution in [0.1, 0.15) is 29.4 Å².